The highest BCUT2D eigenvalue weighted by Gasteiger charge is 2.28. The van der Waals surface area contributed by atoms with E-state index in [0.29, 0.717) is 17.9 Å². The molecule has 0 fully saturated rings. The van der Waals surface area contributed by atoms with E-state index in [1.807, 2.05) is 34.5 Å². The highest BCUT2D eigenvalue weighted by Crippen LogP contribution is 2.41. The average Bonchev–Trinajstić information content (AvgIpc) is 3.30. The summed E-state index contributed by atoms with van der Waals surface area (Å²) in [6, 6.07) is 11.4. The van der Waals surface area contributed by atoms with Gasteiger partial charge in [-0.3, -0.25) is 4.79 Å². The van der Waals surface area contributed by atoms with Crippen LogP contribution in [-0.4, -0.2) is 34.5 Å². The molecule has 0 unspecified atom stereocenters. The lowest BCUT2D eigenvalue weighted by molar-refractivity contribution is -0.113. The molecule has 1 aliphatic heterocycles. The van der Waals surface area contributed by atoms with Gasteiger partial charge in [-0.15, -0.1) is 23.1 Å². The third-order valence-electron chi connectivity index (χ3n) is 4.31. The summed E-state index contributed by atoms with van der Waals surface area (Å²) in [7, 11) is 1.36. The molecule has 0 aliphatic carbocycles. The Bertz CT molecular complexity index is 965. The number of benzene rings is 1. The van der Waals surface area contributed by atoms with Crippen molar-refractivity contribution in [2.24, 2.45) is 0 Å². The molecule has 1 N–H and O–H groups in total. The van der Waals surface area contributed by atoms with E-state index < -0.39 is 0 Å². The van der Waals surface area contributed by atoms with Gasteiger partial charge in [0, 0.05) is 10.4 Å². The van der Waals surface area contributed by atoms with Gasteiger partial charge in [0.1, 0.15) is 5.82 Å². The largest absolute Gasteiger partial charge is 0.465 e. The minimum atomic E-state index is -0.364. The number of thioether (sulfide) groups is 1. The van der Waals surface area contributed by atoms with Crippen LogP contribution in [0, 0.1) is 0 Å². The minimum Gasteiger partial charge on any atom is -0.465 e. The molecular formula is C19H17N3O3S2. The van der Waals surface area contributed by atoms with Crippen molar-refractivity contribution in [3.05, 3.63) is 69.5 Å². The first-order chi connectivity index (χ1) is 13.2. The van der Waals surface area contributed by atoms with Crippen molar-refractivity contribution >= 4 is 40.8 Å². The Hall–Kier alpha value is -2.58. The maximum absolute atomic E-state index is 12.2. The Morgan fingerprint density at radius 3 is 2.85 bits per heavy atom. The van der Waals surface area contributed by atoms with Gasteiger partial charge in [0.05, 0.1) is 36.4 Å². The van der Waals surface area contributed by atoms with Crippen molar-refractivity contribution in [3.8, 4) is 0 Å². The molecule has 2 aromatic heterocycles. The molecule has 27 heavy (non-hydrogen) atoms. The second-order valence-corrected chi connectivity index (χ2v) is 8.16. The van der Waals surface area contributed by atoms with Gasteiger partial charge in [-0.1, -0.05) is 18.2 Å². The van der Waals surface area contributed by atoms with Crippen LogP contribution in [0.1, 0.15) is 31.6 Å². The molecule has 1 aliphatic rings. The number of rotatable bonds is 4. The molecule has 1 atom stereocenters. The molecule has 0 bridgehead atoms. The van der Waals surface area contributed by atoms with Crippen molar-refractivity contribution in [1.29, 1.82) is 0 Å². The van der Waals surface area contributed by atoms with Crippen LogP contribution in [0.4, 0.5) is 5.82 Å². The molecule has 8 heteroatoms. The van der Waals surface area contributed by atoms with E-state index in [0.717, 1.165) is 16.9 Å². The van der Waals surface area contributed by atoms with Gasteiger partial charge in [-0.25, -0.2) is 9.48 Å². The van der Waals surface area contributed by atoms with Crippen LogP contribution < -0.4 is 5.32 Å². The number of ether oxygens (including phenoxy) is 1. The molecule has 1 amide bonds. The van der Waals surface area contributed by atoms with Crippen LogP contribution >= 0.6 is 23.1 Å². The third kappa shape index (κ3) is 3.63. The SMILES string of the molecule is COC(=O)c1ccc([C@H]2SCC(=O)Nc3c2cnn3Cc2cccs2)cc1. The molecule has 0 radical (unpaired) electrons. The number of methoxy groups -OCH3 is 1. The van der Waals surface area contributed by atoms with E-state index in [2.05, 4.69) is 16.5 Å². The minimum absolute atomic E-state index is 0.0390. The maximum Gasteiger partial charge on any atom is 0.337 e. The van der Waals surface area contributed by atoms with Crippen molar-refractivity contribution < 1.29 is 14.3 Å². The number of nitrogens with zero attached hydrogens (tertiary/aromatic N) is 2. The molecule has 0 saturated heterocycles. The first kappa shape index (κ1) is 17.8. The van der Waals surface area contributed by atoms with E-state index in [1.165, 1.54) is 12.0 Å². The lowest BCUT2D eigenvalue weighted by atomic mass is 10.0. The highest BCUT2D eigenvalue weighted by atomic mass is 32.2. The number of esters is 1. The number of thiophene rings is 1. The van der Waals surface area contributed by atoms with Crippen LogP contribution in [0.25, 0.3) is 0 Å². The maximum atomic E-state index is 12.2. The van der Waals surface area contributed by atoms with E-state index in [-0.39, 0.29) is 17.1 Å². The van der Waals surface area contributed by atoms with Gasteiger partial charge in [0.2, 0.25) is 5.91 Å². The van der Waals surface area contributed by atoms with Crippen LogP contribution in [0.15, 0.2) is 48.0 Å². The summed E-state index contributed by atoms with van der Waals surface area (Å²) >= 11 is 3.21. The second-order valence-electron chi connectivity index (χ2n) is 6.04. The summed E-state index contributed by atoms with van der Waals surface area (Å²) in [6.07, 6.45) is 1.82. The highest BCUT2D eigenvalue weighted by molar-refractivity contribution is 8.00. The van der Waals surface area contributed by atoms with E-state index in [9.17, 15) is 9.59 Å². The summed E-state index contributed by atoms with van der Waals surface area (Å²) in [4.78, 5) is 25.1. The zero-order valence-corrected chi connectivity index (χ0v) is 16.2. The predicted molar refractivity (Wildman–Crippen MR) is 106 cm³/mol. The second kappa shape index (κ2) is 7.58. The predicted octanol–water partition coefficient (Wildman–Crippen LogP) is 3.55. The number of anilines is 1. The summed E-state index contributed by atoms with van der Waals surface area (Å²) in [5, 5.41) is 9.48. The summed E-state index contributed by atoms with van der Waals surface area (Å²) < 4.78 is 6.59. The molecule has 0 saturated carbocycles. The van der Waals surface area contributed by atoms with E-state index >= 15 is 0 Å². The normalized spacial score (nSPS) is 16.3. The summed E-state index contributed by atoms with van der Waals surface area (Å²) in [5.41, 5.74) is 2.48. The Morgan fingerprint density at radius 2 is 2.15 bits per heavy atom. The van der Waals surface area contributed by atoms with Crippen molar-refractivity contribution in [2.45, 2.75) is 11.8 Å². The molecule has 138 valence electrons. The fourth-order valence-corrected chi connectivity index (χ4v) is 4.78. The molecule has 0 spiro atoms. The Balaban J connectivity index is 1.68. The van der Waals surface area contributed by atoms with E-state index in [1.54, 1.807) is 35.2 Å². The van der Waals surface area contributed by atoms with Crippen LogP contribution in [0.2, 0.25) is 0 Å². The molecule has 4 rings (SSSR count). The zero-order valence-electron chi connectivity index (χ0n) is 14.5. The van der Waals surface area contributed by atoms with Crippen LogP contribution in [-0.2, 0) is 16.1 Å². The molecular weight excluding hydrogens is 382 g/mol. The average molecular weight is 399 g/mol. The third-order valence-corrected chi connectivity index (χ3v) is 6.46. The smallest absolute Gasteiger partial charge is 0.337 e. The molecule has 6 nitrogen and oxygen atoms in total. The Kier molecular flexibility index (Phi) is 5.00. The number of hydrogen-bond donors (Lipinski definition) is 1. The van der Waals surface area contributed by atoms with Gasteiger partial charge in [0.25, 0.3) is 0 Å². The summed E-state index contributed by atoms with van der Waals surface area (Å²) in [5.74, 6) is 0.691. The quantitative estimate of drug-likeness (QED) is 0.679. The fourth-order valence-electron chi connectivity index (χ4n) is 3.00. The number of nitrogens with one attached hydrogen (secondary N) is 1. The standard InChI is InChI=1S/C19H17N3O3S2/c1-25-19(24)13-6-4-12(5-7-13)17-15-9-20-22(10-14-3-2-8-26-14)18(15)21-16(23)11-27-17/h2-9,17H,10-11H2,1H3,(H,21,23)/t17-/m1/s1. The first-order valence-corrected chi connectivity index (χ1v) is 10.3. The lowest BCUT2D eigenvalue weighted by Crippen LogP contribution is -2.16. The van der Waals surface area contributed by atoms with Crippen molar-refractivity contribution in [3.63, 3.8) is 0 Å². The van der Waals surface area contributed by atoms with Crippen molar-refractivity contribution in [1.82, 2.24) is 9.78 Å². The number of fused-ring (bicyclic) bond motifs is 1. The van der Waals surface area contributed by atoms with Crippen molar-refractivity contribution in [2.75, 3.05) is 18.2 Å². The Morgan fingerprint density at radius 1 is 1.33 bits per heavy atom. The summed E-state index contributed by atoms with van der Waals surface area (Å²) in [6.45, 7) is 0.617. The topological polar surface area (TPSA) is 73.2 Å². The zero-order chi connectivity index (χ0) is 18.8. The van der Waals surface area contributed by atoms with Gasteiger partial charge >= 0.3 is 5.97 Å². The molecule has 3 aromatic rings. The van der Waals surface area contributed by atoms with E-state index in [4.69, 9.17) is 4.74 Å². The number of hydrogen-bond acceptors (Lipinski definition) is 6. The fraction of sp³-hybridized carbons (Fsp3) is 0.211. The molecule has 3 heterocycles. The van der Waals surface area contributed by atoms with Gasteiger partial charge in [-0.2, -0.15) is 5.10 Å². The lowest BCUT2D eigenvalue weighted by Gasteiger charge is -2.14. The van der Waals surface area contributed by atoms with Gasteiger partial charge < -0.3 is 10.1 Å². The number of carbonyl (C=O) groups excluding carboxylic acids is 2. The number of amides is 1. The van der Waals surface area contributed by atoms with Gasteiger partial charge in [0.15, 0.2) is 0 Å². The Labute approximate surface area is 164 Å². The van der Waals surface area contributed by atoms with Crippen LogP contribution in [0.5, 0.6) is 0 Å². The number of aromatic nitrogens is 2. The number of carbonyl (C=O) groups is 2. The molecule has 1 aromatic carbocycles. The first-order valence-electron chi connectivity index (χ1n) is 8.33. The monoisotopic (exact) mass is 399 g/mol. The van der Waals surface area contributed by atoms with Crippen LogP contribution in [0.3, 0.4) is 0 Å². The van der Waals surface area contributed by atoms with Gasteiger partial charge in [-0.05, 0) is 29.1 Å².